The number of nitrogens with one attached hydrogen (secondary N) is 2. The van der Waals surface area contributed by atoms with Crippen molar-refractivity contribution in [1.82, 2.24) is 10.6 Å². The van der Waals surface area contributed by atoms with Crippen LogP contribution in [0.3, 0.4) is 0 Å². The third-order valence-corrected chi connectivity index (χ3v) is 6.87. The van der Waals surface area contributed by atoms with Crippen molar-refractivity contribution in [3.8, 4) is 11.1 Å². The summed E-state index contributed by atoms with van der Waals surface area (Å²) >= 11 is 0. The predicted molar refractivity (Wildman–Crippen MR) is 135 cm³/mol. The number of carboxylic acids is 1. The summed E-state index contributed by atoms with van der Waals surface area (Å²) < 4.78 is 5.58. The first-order chi connectivity index (χ1) is 16.7. The first-order valence-electron chi connectivity index (χ1n) is 12.3. The van der Waals surface area contributed by atoms with Gasteiger partial charge in [0, 0.05) is 19.0 Å². The van der Waals surface area contributed by atoms with Gasteiger partial charge in [-0.3, -0.25) is 9.59 Å². The van der Waals surface area contributed by atoms with Gasteiger partial charge in [-0.25, -0.2) is 4.79 Å². The Morgan fingerprint density at radius 3 is 1.94 bits per heavy atom. The number of carbonyl (C=O) groups excluding carboxylic acids is 2. The number of amides is 2. The van der Waals surface area contributed by atoms with E-state index in [-0.39, 0.29) is 55.7 Å². The van der Waals surface area contributed by atoms with E-state index < -0.39 is 18.0 Å². The number of hydrogen-bond donors (Lipinski definition) is 3. The number of alkyl carbamates (subject to hydrolysis) is 1. The zero-order valence-electron chi connectivity index (χ0n) is 20.9. The molecule has 0 bridgehead atoms. The molecule has 2 unspecified atom stereocenters. The van der Waals surface area contributed by atoms with Crippen molar-refractivity contribution in [3.05, 3.63) is 59.7 Å². The monoisotopic (exact) mass is 480 g/mol. The molecule has 188 valence electrons. The number of rotatable bonds is 11. The van der Waals surface area contributed by atoms with Crippen LogP contribution in [-0.4, -0.2) is 42.8 Å². The molecule has 7 heteroatoms. The second kappa shape index (κ2) is 11.9. The number of aliphatic carboxylic acids is 1. The van der Waals surface area contributed by atoms with Crippen molar-refractivity contribution in [2.24, 2.45) is 23.7 Å². The van der Waals surface area contributed by atoms with Crippen molar-refractivity contribution >= 4 is 18.0 Å². The molecule has 0 aliphatic heterocycles. The van der Waals surface area contributed by atoms with Crippen molar-refractivity contribution in [2.45, 2.75) is 40.0 Å². The molecule has 0 heterocycles. The third-order valence-electron chi connectivity index (χ3n) is 6.87. The fourth-order valence-electron chi connectivity index (χ4n) is 4.60. The summed E-state index contributed by atoms with van der Waals surface area (Å²) in [7, 11) is 0. The van der Waals surface area contributed by atoms with Crippen LogP contribution in [0, 0.1) is 23.7 Å². The van der Waals surface area contributed by atoms with Crippen LogP contribution in [0.2, 0.25) is 0 Å². The Morgan fingerprint density at radius 1 is 0.857 bits per heavy atom. The molecule has 2 atom stereocenters. The standard InChI is InChI=1S/C28H36N2O5/c1-17(2)19(13-26(31)32)14-29-27(33)24(18(3)4)15-30-28(34)35-16-25-22-11-7-5-9-20(22)21-10-6-8-12-23(21)25/h5-12,17-19,24-25H,13-16H2,1-4H3,(H,29,33)(H,30,34)(H,31,32). The molecule has 2 amide bonds. The van der Waals surface area contributed by atoms with Gasteiger partial charge in [-0.1, -0.05) is 76.2 Å². The molecule has 2 aromatic carbocycles. The molecule has 0 aromatic heterocycles. The molecule has 2 aromatic rings. The van der Waals surface area contributed by atoms with E-state index in [4.69, 9.17) is 9.84 Å². The van der Waals surface area contributed by atoms with Crippen molar-refractivity contribution in [3.63, 3.8) is 0 Å². The number of ether oxygens (including phenoxy) is 1. The third kappa shape index (κ3) is 6.62. The lowest BCUT2D eigenvalue weighted by atomic mass is 9.91. The number of benzene rings is 2. The van der Waals surface area contributed by atoms with Crippen molar-refractivity contribution in [1.29, 1.82) is 0 Å². The quantitative estimate of drug-likeness (QED) is 0.434. The largest absolute Gasteiger partial charge is 0.481 e. The molecule has 0 saturated carbocycles. The summed E-state index contributed by atoms with van der Waals surface area (Å²) in [5.74, 6) is -1.60. The molecule has 3 rings (SSSR count). The van der Waals surface area contributed by atoms with Crippen LogP contribution in [-0.2, 0) is 14.3 Å². The van der Waals surface area contributed by atoms with Crippen LogP contribution in [0.1, 0.15) is 51.2 Å². The summed E-state index contributed by atoms with van der Waals surface area (Å²) in [6.45, 7) is 8.37. The van der Waals surface area contributed by atoms with Gasteiger partial charge in [-0.15, -0.1) is 0 Å². The van der Waals surface area contributed by atoms with Crippen LogP contribution < -0.4 is 10.6 Å². The molecule has 35 heavy (non-hydrogen) atoms. The lowest BCUT2D eigenvalue weighted by Crippen LogP contribution is -2.43. The van der Waals surface area contributed by atoms with Crippen LogP contribution >= 0.6 is 0 Å². The van der Waals surface area contributed by atoms with E-state index in [0.29, 0.717) is 0 Å². The van der Waals surface area contributed by atoms with E-state index >= 15 is 0 Å². The summed E-state index contributed by atoms with van der Waals surface area (Å²) in [6, 6.07) is 16.3. The normalized spacial score (nSPS) is 14.2. The van der Waals surface area contributed by atoms with Gasteiger partial charge in [-0.2, -0.15) is 0 Å². The van der Waals surface area contributed by atoms with Gasteiger partial charge in [-0.05, 0) is 40.0 Å². The molecular weight excluding hydrogens is 444 g/mol. The van der Waals surface area contributed by atoms with Crippen LogP contribution in [0.4, 0.5) is 4.79 Å². The number of carbonyl (C=O) groups is 3. The molecule has 1 aliphatic rings. The van der Waals surface area contributed by atoms with Crippen molar-refractivity contribution < 1.29 is 24.2 Å². The molecule has 0 radical (unpaired) electrons. The van der Waals surface area contributed by atoms with E-state index in [0.717, 1.165) is 22.3 Å². The average Bonchev–Trinajstić information content (AvgIpc) is 3.13. The van der Waals surface area contributed by atoms with E-state index in [9.17, 15) is 14.4 Å². The fraction of sp³-hybridized carbons (Fsp3) is 0.464. The van der Waals surface area contributed by atoms with E-state index in [2.05, 4.69) is 34.9 Å². The molecule has 3 N–H and O–H groups in total. The highest BCUT2D eigenvalue weighted by Gasteiger charge is 2.30. The molecular formula is C28H36N2O5. The number of hydrogen-bond acceptors (Lipinski definition) is 4. The summed E-state index contributed by atoms with van der Waals surface area (Å²) in [5, 5.41) is 14.7. The fourth-order valence-corrected chi connectivity index (χ4v) is 4.60. The van der Waals surface area contributed by atoms with E-state index in [1.165, 1.54) is 0 Å². The van der Waals surface area contributed by atoms with Crippen molar-refractivity contribution in [2.75, 3.05) is 19.7 Å². The molecule has 0 fully saturated rings. The number of carboxylic acid groups (broad SMARTS) is 1. The molecule has 1 aliphatic carbocycles. The smallest absolute Gasteiger partial charge is 0.407 e. The van der Waals surface area contributed by atoms with Gasteiger partial charge in [0.2, 0.25) is 5.91 Å². The second-order valence-corrected chi connectivity index (χ2v) is 9.90. The Labute approximate surface area is 207 Å². The van der Waals surface area contributed by atoms with Gasteiger partial charge >= 0.3 is 12.1 Å². The maximum Gasteiger partial charge on any atom is 0.407 e. The maximum atomic E-state index is 12.8. The highest BCUT2D eigenvalue weighted by atomic mass is 16.5. The van der Waals surface area contributed by atoms with Gasteiger partial charge in [0.05, 0.1) is 12.3 Å². The first-order valence-corrected chi connectivity index (χ1v) is 12.3. The van der Waals surface area contributed by atoms with Gasteiger partial charge in [0.15, 0.2) is 0 Å². The summed E-state index contributed by atoms with van der Waals surface area (Å²) in [4.78, 5) is 36.4. The minimum Gasteiger partial charge on any atom is -0.481 e. The highest BCUT2D eigenvalue weighted by Crippen LogP contribution is 2.44. The average molecular weight is 481 g/mol. The summed E-state index contributed by atoms with van der Waals surface area (Å²) in [5.41, 5.74) is 4.61. The van der Waals surface area contributed by atoms with Crippen LogP contribution in [0.15, 0.2) is 48.5 Å². The maximum absolute atomic E-state index is 12.8. The van der Waals surface area contributed by atoms with E-state index in [1.54, 1.807) is 0 Å². The Balaban J connectivity index is 1.54. The Kier molecular flexibility index (Phi) is 8.90. The summed E-state index contributed by atoms with van der Waals surface area (Å²) in [6.07, 6.45) is -0.557. The minimum atomic E-state index is -0.879. The van der Waals surface area contributed by atoms with E-state index in [1.807, 2.05) is 52.0 Å². The number of fused-ring (bicyclic) bond motifs is 3. The minimum absolute atomic E-state index is 0.00227. The first kappa shape index (κ1) is 26.3. The topological polar surface area (TPSA) is 105 Å². The van der Waals surface area contributed by atoms with Crippen LogP contribution in [0.5, 0.6) is 0 Å². The van der Waals surface area contributed by atoms with Crippen LogP contribution in [0.25, 0.3) is 11.1 Å². The van der Waals surface area contributed by atoms with Gasteiger partial charge in [0.25, 0.3) is 0 Å². The Bertz CT molecular complexity index is 1000. The highest BCUT2D eigenvalue weighted by molar-refractivity contribution is 5.80. The molecule has 0 saturated heterocycles. The lowest BCUT2D eigenvalue weighted by Gasteiger charge is -2.24. The Morgan fingerprint density at radius 2 is 1.43 bits per heavy atom. The zero-order valence-corrected chi connectivity index (χ0v) is 20.9. The zero-order chi connectivity index (χ0) is 25.5. The second-order valence-electron chi connectivity index (χ2n) is 9.90. The lowest BCUT2D eigenvalue weighted by molar-refractivity contribution is -0.139. The van der Waals surface area contributed by atoms with Gasteiger partial charge in [0.1, 0.15) is 6.61 Å². The SMILES string of the molecule is CC(C)C(CNC(=O)C(CNC(=O)OCC1c2ccccc2-c2ccccc21)C(C)C)CC(=O)O. The molecule has 7 nitrogen and oxygen atoms in total. The Hall–Kier alpha value is -3.35. The predicted octanol–water partition coefficient (Wildman–Crippen LogP) is 4.66. The molecule has 0 spiro atoms. The van der Waals surface area contributed by atoms with Gasteiger partial charge < -0.3 is 20.5 Å².